The number of carbonyl (C=O) groups is 1. The molecule has 0 aromatic heterocycles. The van der Waals surface area contributed by atoms with Crippen molar-refractivity contribution in [3.8, 4) is 0 Å². The molecule has 0 aliphatic heterocycles. The van der Waals surface area contributed by atoms with Crippen molar-refractivity contribution in [2.45, 2.75) is 6.42 Å². The monoisotopic (exact) mass is 304 g/mol. The maximum Gasteiger partial charge on any atom is 0.411 e. The van der Waals surface area contributed by atoms with Crippen LogP contribution in [0.4, 0.5) is 10.5 Å². The zero-order chi connectivity index (χ0) is 10.4. The third kappa shape index (κ3) is 3.95. The van der Waals surface area contributed by atoms with Crippen molar-refractivity contribution < 1.29 is 9.53 Å². The van der Waals surface area contributed by atoms with Gasteiger partial charge < -0.3 is 4.74 Å². The second-order valence-corrected chi connectivity index (χ2v) is 3.87. The zero-order valence-corrected chi connectivity index (χ0v) is 9.78. The summed E-state index contributed by atoms with van der Waals surface area (Å²) in [6, 6.07) is 7.51. The van der Waals surface area contributed by atoms with E-state index in [9.17, 15) is 4.79 Å². The minimum Gasteiger partial charge on any atom is -0.449 e. The van der Waals surface area contributed by atoms with Crippen LogP contribution in [0.1, 0.15) is 6.42 Å². The molecule has 1 N–H and O–H groups in total. The van der Waals surface area contributed by atoms with E-state index in [1.165, 1.54) is 0 Å². The van der Waals surface area contributed by atoms with Crippen molar-refractivity contribution in [2.24, 2.45) is 0 Å². The molecule has 0 aliphatic carbocycles. The quantitative estimate of drug-likeness (QED) is 0.872. The number of anilines is 1. The standard InChI is InChI=1S/C10H11INO2/c1-2-6-14-10(13)12-9-5-3-4-8(11)7-9/h3-5,7H,1-2,6H2,(H,12,13). The SMILES string of the molecule is [CH2]CCOC(=O)Nc1cccc(I)c1. The molecule has 0 saturated heterocycles. The number of nitrogens with one attached hydrogen (secondary N) is 1. The third-order valence-electron chi connectivity index (χ3n) is 1.45. The normalized spacial score (nSPS) is 9.57. The van der Waals surface area contributed by atoms with Crippen LogP contribution >= 0.6 is 22.6 Å². The van der Waals surface area contributed by atoms with Crippen LogP contribution in [0.2, 0.25) is 0 Å². The van der Waals surface area contributed by atoms with Crippen LogP contribution in [0.5, 0.6) is 0 Å². The lowest BCUT2D eigenvalue weighted by atomic mass is 10.3. The Morgan fingerprint density at radius 2 is 2.36 bits per heavy atom. The van der Waals surface area contributed by atoms with Crippen LogP contribution in [-0.2, 0) is 4.74 Å². The molecule has 0 atom stereocenters. The first-order valence-corrected chi connectivity index (χ1v) is 5.29. The molecule has 0 bridgehead atoms. The van der Waals surface area contributed by atoms with Gasteiger partial charge in [-0.25, -0.2) is 4.79 Å². The van der Waals surface area contributed by atoms with Gasteiger partial charge in [0.25, 0.3) is 0 Å². The Labute approximate surface area is 97.0 Å². The van der Waals surface area contributed by atoms with Gasteiger partial charge in [-0.05, 0) is 54.1 Å². The summed E-state index contributed by atoms with van der Waals surface area (Å²) in [5.74, 6) is 0. The van der Waals surface area contributed by atoms with E-state index in [0.29, 0.717) is 13.0 Å². The molecule has 1 rings (SSSR count). The van der Waals surface area contributed by atoms with Gasteiger partial charge in [0.1, 0.15) is 0 Å². The molecule has 0 aliphatic rings. The Hall–Kier alpha value is -0.780. The molecule has 4 heteroatoms. The summed E-state index contributed by atoms with van der Waals surface area (Å²) in [5, 5.41) is 2.62. The molecule has 1 amide bonds. The Kier molecular flexibility index (Phi) is 4.72. The van der Waals surface area contributed by atoms with Gasteiger partial charge in [0.15, 0.2) is 0 Å². The lowest BCUT2D eigenvalue weighted by molar-refractivity contribution is 0.163. The molecule has 14 heavy (non-hydrogen) atoms. The van der Waals surface area contributed by atoms with Crippen molar-refractivity contribution in [2.75, 3.05) is 11.9 Å². The molecule has 0 saturated carbocycles. The van der Waals surface area contributed by atoms with E-state index in [4.69, 9.17) is 4.74 Å². The van der Waals surface area contributed by atoms with Crippen LogP contribution in [0.15, 0.2) is 24.3 Å². The molecule has 1 aromatic rings. The summed E-state index contributed by atoms with van der Waals surface area (Å²) in [5.41, 5.74) is 0.742. The maximum atomic E-state index is 11.1. The van der Waals surface area contributed by atoms with Crippen LogP contribution in [0.3, 0.4) is 0 Å². The molecule has 0 heterocycles. The molecule has 3 nitrogen and oxygen atoms in total. The average molecular weight is 304 g/mol. The van der Waals surface area contributed by atoms with Crippen molar-refractivity contribution in [3.05, 3.63) is 34.8 Å². The second kappa shape index (κ2) is 5.85. The largest absolute Gasteiger partial charge is 0.449 e. The first-order valence-electron chi connectivity index (χ1n) is 4.21. The van der Waals surface area contributed by atoms with Gasteiger partial charge in [-0.1, -0.05) is 6.07 Å². The van der Waals surface area contributed by atoms with Crippen molar-refractivity contribution in [3.63, 3.8) is 0 Å². The first kappa shape index (κ1) is 11.3. The van der Waals surface area contributed by atoms with E-state index in [2.05, 4.69) is 34.8 Å². The zero-order valence-electron chi connectivity index (χ0n) is 7.63. The van der Waals surface area contributed by atoms with E-state index < -0.39 is 6.09 Å². The summed E-state index contributed by atoms with van der Waals surface area (Å²) in [6.07, 6.45) is 0.148. The predicted molar refractivity (Wildman–Crippen MR) is 64.1 cm³/mol. The number of carbonyl (C=O) groups excluding carboxylic acids is 1. The van der Waals surface area contributed by atoms with E-state index in [1.807, 2.05) is 24.3 Å². The smallest absolute Gasteiger partial charge is 0.411 e. The Morgan fingerprint density at radius 3 is 3.00 bits per heavy atom. The summed E-state index contributed by atoms with van der Waals surface area (Å²) in [4.78, 5) is 11.1. The topological polar surface area (TPSA) is 38.3 Å². The van der Waals surface area contributed by atoms with Crippen LogP contribution in [0, 0.1) is 10.5 Å². The molecule has 1 aromatic carbocycles. The van der Waals surface area contributed by atoms with Gasteiger partial charge in [0, 0.05) is 9.26 Å². The third-order valence-corrected chi connectivity index (χ3v) is 2.12. The van der Waals surface area contributed by atoms with Crippen LogP contribution in [0.25, 0.3) is 0 Å². The van der Waals surface area contributed by atoms with Gasteiger partial charge >= 0.3 is 6.09 Å². The van der Waals surface area contributed by atoms with Crippen LogP contribution in [-0.4, -0.2) is 12.7 Å². The van der Waals surface area contributed by atoms with Gasteiger partial charge in [-0.3, -0.25) is 5.32 Å². The van der Waals surface area contributed by atoms with E-state index in [0.717, 1.165) is 9.26 Å². The Morgan fingerprint density at radius 1 is 1.57 bits per heavy atom. The minimum absolute atomic E-state index is 0.343. The van der Waals surface area contributed by atoms with Crippen molar-refractivity contribution >= 4 is 34.4 Å². The summed E-state index contributed by atoms with van der Waals surface area (Å²) in [7, 11) is 0. The fourth-order valence-corrected chi connectivity index (χ4v) is 1.43. The Balaban J connectivity index is 2.47. The van der Waals surface area contributed by atoms with Gasteiger partial charge in [0.05, 0.1) is 6.61 Å². The molecule has 0 fully saturated rings. The summed E-state index contributed by atoms with van der Waals surface area (Å²) < 4.78 is 5.89. The number of rotatable bonds is 3. The van der Waals surface area contributed by atoms with E-state index >= 15 is 0 Å². The molecular formula is C10H11INO2. The number of hydrogen-bond donors (Lipinski definition) is 1. The minimum atomic E-state index is -0.435. The van der Waals surface area contributed by atoms with Crippen molar-refractivity contribution in [1.29, 1.82) is 0 Å². The number of amides is 1. The van der Waals surface area contributed by atoms with Gasteiger partial charge in [-0.2, -0.15) is 0 Å². The number of hydrogen-bond acceptors (Lipinski definition) is 2. The van der Waals surface area contributed by atoms with E-state index in [-0.39, 0.29) is 0 Å². The highest BCUT2D eigenvalue weighted by atomic mass is 127. The number of halogens is 1. The highest BCUT2D eigenvalue weighted by molar-refractivity contribution is 14.1. The average Bonchev–Trinajstić information content (AvgIpc) is 2.15. The maximum absolute atomic E-state index is 11.1. The molecule has 0 spiro atoms. The molecule has 75 valence electrons. The fraction of sp³-hybridized carbons (Fsp3) is 0.200. The molecule has 0 unspecified atom stereocenters. The summed E-state index contributed by atoms with van der Waals surface area (Å²) in [6.45, 7) is 3.92. The van der Waals surface area contributed by atoms with Gasteiger partial charge in [-0.15, -0.1) is 0 Å². The molecular weight excluding hydrogens is 293 g/mol. The highest BCUT2D eigenvalue weighted by Gasteiger charge is 2.01. The number of benzene rings is 1. The lowest BCUT2D eigenvalue weighted by Gasteiger charge is -2.05. The van der Waals surface area contributed by atoms with Crippen LogP contribution < -0.4 is 5.32 Å². The predicted octanol–water partition coefficient (Wildman–Crippen LogP) is 3.06. The number of ether oxygens (including phenoxy) is 1. The lowest BCUT2D eigenvalue weighted by Crippen LogP contribution is -2.13. The first-order chi connectivity index (χ1) is 6.72. The summed E-state index contributed by atoms with van der Waals surface area (Å²) >= 11 is 2.18. The van der Waals surface area contributed by atoms with Gasteiger partial charge in [0.2, 0.25) is 0 Å². The Bertz CT molecular complexity index is 315. The fourth-order valence-electron chi connectivity index (χ4n) is 0.885. The highest BCUT2D eigenvalue weighted by Crippen LogP contribution is 2.12. The van der Waals surface area contributed by atoms with E-state index in [1.54, 1.807) is 0 Å². The second-order valence-electron chi connectivity index (χ2n) is 2.62. The molecule has 1 radical (unpaired) electrons. The van der Waals surface area contributed by atoms with Crippen molar-refractivity contribution in [1.82, 2.24) is 0 Å².